The molecule has 0 saturated heterocycles. The standard InChI is InChI=1S/C12H18N2O3/c1-6-17-12(16)11-10(9(5)15)8(4)13-14(11)7(2)3/h7H,6H2,1-5H3. The Kier molecular flexibility index (Phi) is 4.04. The minimum atomic E-state index is -0.494. The van der Waals surface area contributed by atoms with Crippen molar-refractivity contribution < 1.29 is 14.3 Å². The van der Waals surface area contributed by atoms with Gasteiger partial charge in [-0.05, 0) is 34.6 Å². The molecule has 1 aromatic rings. The van der Waals surface area contributed by atoms with Crippen molar-refractivity contribution in [3.63, 3.8) is 0 Å². The van der Waals surface area contributed by atoms with Crippen LogP contribution in [0, 0.1) is 6.92 Å². The summed E-state index contributed by atoms with van der Waals surface area (Å²) < 4.78 is 6.52. The molecule has 5 nitrogen and oxygen atoms in total. The van der Waals surface area contributed by atoms with E-state index in [0.717, 1.165) is 0 Å². The fraction of sp³-hybridized carbons (Fsp3) is 0.583. The molecule has 0 aliphatic rings. The lowest BCUT2D eigenvalue weighted by Crippen LogP contribution is -2.17. The van der Waals surface area contributed by atoms with Crippen LogP contribution in [0.3, 0.4) is 0 Å². The van der Waals surface area contributed by atoms with Gasteiger partial charge in [-0.1, -0.05) is 0 Å². The highest BCUT2D eigenvalue weighted by molar-refractivity contribution is 6.05. The van der Waals surface area contributed by atoms with Crippen molar-refractivity contribution in [2.45, 2.75) is 40.7 Å². The second-order valence-electron chi connectivity index (χ2n) is 4.12. The zero-order chi connectivity index (χ0) is 13.2. The zero-order valence-corrected chi connectivity index (χ0v) is 10.9. The van der Waals surface area contributed by atoms with Crippen LogP contribution in [0.5, 0.6) is 0 Å². The number of ketones is 1. The fourth-order valence-electron chi connectivity index (χ4n) is 1.74. The predicted octanol–water partition coefficient (Wildman–Crippen LogP) is 2.15. The molecule has 1 rings (SSSR count). The lowest BCUT2D eigenvalue weighted by atomic mass is 10.1. The molecule has 94 valence electrons. The van der Waals surface area contributed by atoms with Gasteiger partial charge in [0.05, 0.1) is 17.9 Å². The van der Waals surface area contributed by atoms with Crippen molar-refractivity contribution in [2.75, 3.05) is 6.61 Å². The normalized spacial score (nSPS) is 10.7. The molecule has 0 aromatic carbocycles. The van der Waals surface area contributed by atoms with E-state index in [1.807, 2.05) is 13.8 Å². The van der Waals surface area contributed by atoms with Crippen molar-refractivity contribution >= 4 is 11.8 Å². The molecule has 0 spiro atoms. The van der Waals surface area contributed by atoms with Gasteiger partial charge in [0, 0.05) is 6.04 Å². The van der Waals surface area contributed by atoms with Gasteiger partial charge in [0.1, 0.15) is 0 Å². The molecule has 0 radical (unpaired) electrons. The SMILES string of the molecule is CCOC(=O)c1c(C(C)=O)c(C)nn1C(C)C. The van der Waals surface area contributed by atoms with Crippen molar-refractivity contribution in [1.82, 2.24) is 9.78 Å². The van der Waals surface area contributed by atoms with Crippen LogP contribution in [0.4, 0.5) is 0 Å². The Morgan fingerprint density at radius 3 is 2.41 bits per heavy atom. The van der Waals surface area contributed by atoms with Crippen LogP contribution in [0.1, 0.15) is 60.3 Å². The average Bonchev–Trinajstić information content (AvgIpc) is 2.56. The molecular weight excluding hydrogens is 220 g/mol. The van der Waals surface area contributed by atoms with Crippen LogP contribution in [0.25, 0.3) is 0 Å². The summed E-state index contributed by atoms with van der Waals surface area (Å²) in [5.74, 6) is -0.663. The van der Waals surface area contributed by atoms with Crippen LogP contribution in [-0.2, 0) is 4.74 Å². The van der Waals surface area contributed by atoms with Gasteiger partial charge in [-0.3, -0.25) is 9.48 Å². The van der Waals surface area contributed by atoms with Gasteiger partial charge < -0.3 is 4.74 Å². The van der Waals surface area contributed by atoms with Crippen LogP contribution in [0.2, 0.25) is 0 Å². The van der Waals surface area contributed by atoms with Gasteiger partial charge in [0.25, 0.3) is 0 Å². The summed E-state index contributed by atoms with van der Waals surface area (Å²) in [5.41, 5.74) is 1.18. The Morgan fingerprint density at radius 1 is 1.41 bits per heavy atom. The number of Topliss-reactive ketones (excluding diaryl/α,β-unsaturated/α-hetero) is 1. The molecule has 0 unspecified atom stereocenters. The van der Waals surface area contributed by atoms with E-state index in [9.17, 15) is 9.59 Å². The highest BCUT2D eigenvalue weighted by atomic mass is 16.5. The topological polar surface area (TPSA) is 61.2 Å². The van der Waals surface area contributed by atoms with Gasteiger partial charge in [-0.25, -0.2) is 4.79 Å². The number of rotatable bonds is 4. The second-order valence-corrected chi connectivity index (χ2v) is 4.12. The van der Waals surface area contributed by atoms with Crippen molar-refractivity contribution in [1.29, 1.82) is 0 Å². The molecular formula is C12H18N2O3. The Labute approximate surface area is 101 Å². The first kappa shape index (κ1) is 13.4. The Balaban J connectivity index is 3.40. The molecule has 1 heterocycles. The first-order valence-electron chi connectivity index (χ1n) is 5.67. The van der Waals surface area contributed by atoms with E-state index < -0.39 is 5.97 Å². The van der Waals surface area contributed by atoms with E-state index >= 15 is 0 Å². The van der Waals surface area contributed by atoms with Gasteiger partial charge in [0.15, 0.2) is 11.5 Å². The summed E-state index contributed by atoms with van der Waals surface area (Å²) >= 11 is 0. The number of hydrogen-bond acceptors (Lipinski definition) is 4. The predicted molar refractivity (Wildman–Crippen MR) is 63.3 cm³/mol. The highest BCUT2D eigenvalue weighted by Crippen LogP contribution is 2.19. The maximum Gasteiger partial charge on any atom is 0.357 e. The minimum Gasteiger partial charge on any atom is -0.461 e. The summed E-state index contributed by atoms with van der Waals surface area (Å²) in [6, 6.07) is 0.00112. The van der Waals surface area contributed by atoms with E-state index in [0.29, 0.717) is 11.3 Å². The number of carbonyl (C=O) groups is 2. The first-order valence-corrected chi connectivity index (χ1v) is 5.67. The third-order valence-electron chi connectivity index (χ3n) is 2.40. The van der Waals surface area contributed by atoms with E-state index in [-0.39, 0.29) is 24.1 Å². The third-order valence-corrected chi connectivity index (χ3v) is 2.40. The Bertz CT molecular complexity index is 447. The van der Waals surface area contributed by atoms with Gasteiger partial charge in [0.2, 0.25) is 0 Å². The summed E-state index contributed by atoms with van der Waals surface area (Å²) in [6.45, 7) is 8.96. The Hall–Kier alpha value is -1.65. The van der Waals surface area contributed by atoms with Crippen molar-refractivity contribution in [3.8, 4) is 0 Å². The molecule has 0 aliphatic heterocycles. The Morgan fingerprint density at radius 2 is 2.00 bits per heavy atom. The molecule has 5 heteroatoms. The molecule has 1 aromatic heterocycles. The average molecular weight is 238 g/mol. The largest absolute Gasteiger partial charge is 0.461 e. The molecule has 0 fully saturated rings. The number of aryl methyl sites for hydroxylation is 1. The summed E-state index contributed by atoms with van der Waals surface area (Å²) in [6.07, 6.45) is 0. The van der Waals surface area contributed by atoms with Gasteiger partial charge in [-0.15, -0.1) is 0 Å². The zero-order valence-electron chi connectivity index (χ0n) is 10.9. The lowest BCUT2D eigenvalue weighted by Gasteiger charge is -2.10. The van der Waals surface area contributed by atoms with E-state index in [2.05, 4.69) is 5.10 Å². The second kappa shape index (κ2) is 5.12. The maximum atomic E-state index is 11.9. The lowest BCUT2D eigenvalue weighted by molar-refractivity contribution is 0.0506. The maximum absolute atomic E-state index is 11.9. The minimum absolute atomic E-state index is 0.00112. The number of carbonyl (C=O) groups excluding carboxylic acids is 2. The molecule has 0 amide bonds. The highest BCUT2D eigenvalue weighted by Gasteiger charge is 2.26. The van der Waals surface area contributed by atoms with Crippen molar-refractivity contribution in [2.24, 2.45) is 0 Å². The van der Waals surface area contributed by atoms with Crippen molar-refractivity contribution in [3.05, 3.63) is 17.0 Å². The summed E-state index contributed by atoms with van der Waals surface area (Å²) in [5, 5.41) is 4.23. The van der Waals surface area contributed by atoms with E-state index in [4.69, 9.17) is 4.74 Å². The van der Waals surface area contributed by atoms with Crippen LogP contribution in [0.15, 0.2) is 0 Å². The van der Waals surface area contributed by atoms with Gasteiger partial charge >= 0.3 is 5.97 Å². The smallest absolute Gasteiger partial charge is 0.357 e. The fourth-order valence-corrected chi connectivity index (χ4v) is 1.74. The number of esters is 1. The molecule has 17 heavy (non-hydrogen) atoms. The van der Waals surface area contributed by atoms with Gasteiger partial charge in [-0.2, -0.15) is 5.10 Å². The molecule has 0 aliphatic carbocycles. The van der Waals surface area contributed by atoms with E-state index in [1.54, 1.807) is 18.5 Å². The monoisotopic (exact) mass is 238 g/mol. The van der Waals surface area contributed by atoms with Crippen LogP contribution in [-0.4, -0.2) is 28.1 Å². The number of ether oxygens (including phenoxy) is 1. The van der Waals surface area contributed by atoms with Crippen LogP contribution < -0.4 is 0 Å². The molecule has 0 saturated carbocycles. The molecule has 0 N–H and O–H groups in total. The molecule has 0 bridgehead atoms. The summed E-state index contributed by atoms with van der Waals surface area (Å²) in [7, 11) is 0. The number of nitrogens with zero attached hydrogens (tertiary/aromatic N) is 2. The quantitative estimate of drug-likeness (QED) is 0.595. The first-order chi connectivity index (χ1) is 7.90. The number of hydrogen-bond donors (Lipinski definition) is 0. The van der Waals surface area contributed by atoms with Crippen LogP contribution >= 0.6 is 0 Å². The van der Waals surface area contributed by atoms with E-state index in [1.165, 1.54) is 6.92 Å². The number of aromatic nitrogens is 2. The third kappa shape index (κ3) is 2.54. The summed E-state index contributed by atoms with van der Waals surface area (Å²) in [4.78, 5) is 23.4. The molecule has 0 atom stereocenters.